The van der Waals surface area contributed by atoms with Gasteiger partial charge in [0.15, 0.2) is 9.84 Å². The van der Waals surface area contributed by atoms with Crippen molar-refractivity contribution in [2.75, 3.05) is 0 Å². The third kappa shape index (κ3) is 2.76. The van der Waals surface area contributed by atoms with E-state index in [0.29, 0.717) is 4.90 Å². The van der Waals surface area contributed by atoms with Crippen molar-refractivity contribution in [1.82, 2.24) is 0 Å². The molecule has 1 heterocycles. The van der Waals surface area contributed by atoms with Crippen LogP contribution in [-0.4, -0.2) is 8.42 Å². The van der Waals surface area contributed by atoms with Crippen LogP contribution in [0.1, 0.15) is 16.7 Å². The largest absolute Gasteiger partial charge is 0.223 e. The summed E-state index contributed by atoms with van der Waals surface area (Å²) in [5, 5.41) is 3.47. The van der Waals surface area contributed by atoms with Crippen LogP contribution < -0.4 is 0 Å². The van der Waals surface area contributed by atoms with Crippen molar-refractivity contribution in [3.63, 3.8) is 0 Å². The number of hydrogen-bond acceptors (Lipinski definition) is 3. The minimum absolute atomic E-state index is 0.0792. The maximum absolute atomic E-state index is 12.1. The van der Waals surface area contributed by atoms with Crippen LogP contribution in [0.2, 0.25) is 0 Å². The van der Waals surface area contributed by atoms with Crippen molar-refractivity contribution in [2.45, 2.75) is 24.5 Å². The van der Waals surface area contributed by atoms with Crippen LogP contribution in [0.25, 0.3) is 0 Å². The van der Waals surface area contributed by atoms with E-state index in [-0.39, 0.29) is 5.75 Å². The van der Waals surface area contributed by atoms with Crippen LogP contribution in [0.3, 0.4) is 0 Å². The minimum atomic E-state index is -3.19. The summed E-state index contributed by atoms with van der Waals surface area (Å²) in [5.41, 5.74) is 3.06. The van der Waals surface area contributed by atoms with Crippen LogP contribution >= 0.6 is 11.3 Å². The summed E-state index contributed by atoms with van der Waals surface area (Å²) in [6.45, 7) is 3.95. The SMILES string of the molecule is Cc1ccc(CS(=O)(=O)c2ccsc2)c(C)c1. The smallest absolute Gasteiger partial charge is 0.183 e. The van der Waals surface area contributed by atoms with Crippen LogP contribution in [0.4, 0.5) is 0 Å². The predicted octanol–water partition coefficient (Wildman–Crippen LogP) is 3.34. The molecule has 0 bridgehead atoms. The summed E-state index contributed by atoms with van der Waals surface area (Å²) in [6.07, 6.45) is 0. The molecule has 0 spiro atoms. The first-order chi connectivity index (χ1) is 7.99. The Hall–Kier alpha value is -1.13. The van der Waals surface area contributed by atoms with Gasteiger partial charge < -0.3 is 0 Å². The van der Waals surface area contributed by atoms with Gasteiger partial charge in [-0.1, -0.05) is 23.8 Å². The molecule has 0 aliphatic heterocycles. The lowest BCUT2D eigenvalue weighted by molar-refractivity contribution is 0.595. The summed E-state index contributed by atoms with van der Waals surface area (Å²) in [4.78, 5) is 0.419. The van der Waals surface area contributed by atoms with E-state index in [1.807, 2.05) is 32.0 Å². The molecule has 0 saturated heterocycles. The highest BCUT2D eigenvalue weighted by Crippen LogP contribution is 2.21. The van der Waals surface area contributed by atoms with E-state index in [2.05, 4.69) is 0 Å². The molecule has 2 aromatic rings. The van der Waals surface area contributed by atoms with Crippen molar-refractivity contribution >= 4 is 21.2 Å². The first kappa shape index (κ1) is 12.3. The Kier molecular flexibility index (Phi) is 3.35. The Labute approximate surface area is 106 Å². The van der Waals surface area contributed by atoms with Crippen molar-refractivity contribution in [2.24, 2.45) is 0 Å². The minimum Gasteiger partial charge on any atom is -0.223 e. The van der Waals surface area contributed by atoms with E-state index in [4.69, 9.17) is 0 Å². The summed E-state index contributed by atoms with van der Waals surface area (Å²) in [6, 6.07) is 7.52. The predicted molar refractivity (Wildman–Crippen MR) is 71.1 cm³/mol. The van der Waals surface area contributed by atoms with Crippen LogP contribution in [0.15, 0.2) is 39.9 Å². The van der Waals surface area contributed by atoms with E-state index in [1.165, 1.54) is 11.3 Å². The van der Waals surface area contributed by atoms with Gasteiger partial charge in [-0.25, -0.2) is 8.42 Å². The fourth-order valence-electron chi connectivity index (χ4n) is 1.72. The monoisotopic (exact) mass is 266 g/mol. The van der Waals surface area contributed by atoms with Gasteiger partial charge in [0, 0.05) is 5.38 Å². The molecule has 1 aromatic heterocycles. The van der Waals surface area contributed by atoms with Gasteiger partial charge in [-0.05, 0) is 36.4 Å². The quantitative estimate of drug-likeness (QED) is 0.854. The van der Waals surface area contributed by atoms with Gasteiger partial charge in [0.05, 0.1) is 10.6 Å². The number of aryl methyl sites for hydroxylation is 2. The van der Waals surface area contributed by atoms with Gasteiger partial charge in [-0.15, -0.1) is 0 Å². The Balaban J connectivity index is 2.33. The van der Waals surface area contributed by atoms with Gasteiger partial charge >= 0.3 is 0 Å². The van der Waals surface area contributed by atoms with Gasteiger partial charge in [0.25, 0.3) is 0 Å². The van der Waals surface area contributed by atoms with Gasteiger partial charge in [0.2, 0.25) is 0 Å². The van der Waals surface area contributed by atoms with Gasteiger partial charge in [-0.2, -0.15) is 11.3 Å². The molecule has 1 aromatic carbocycles. The normalized spacial score (nSPS) is 11.6. The first-order valence-corrected chi connectivity index (χ1v) is 7.89. The molecule has 4 heteroatoms. The third-order valence-electron chi connectivity index (χ3n) is 2.70. The summed E-state index contributed by atoms with van der Waals surface area (Å²) < 4.78 is 24.2. The number of thiophene rings is 1. The second kappa shape index (κ2) is 4.63. The average Bonchev–Trinajstić information content (AvgIpc) is 2.76. The molecule has 0 fully saturated rings. The molecule has 0 atom stereocenters. The Morgan fingerprint density at radius 3 is 2.53 bits per heavy atom. The highest BCUT2D eigenvalue weighted by atomic mass is 32.2. The van der Waals surface area contributed by atoms with E-state index in [1.54, 1.807) is 16.8 Å². The fraction of sp³-hybridized carbons (Fsp3) is 0.231. The maximum Gasteiger partial charge on any atom is 0.183 e. The lowest BCUT2D eigenvalue weighted by Crippen LogP contribution is -2.05. The second-order valence-corrected chi connectivity index (χ2v) is 6.92. The lowest BCUT2D eigenvalue weighted by atomic mass is 10.1. The van der Waals surface area contributed by atoms with E-state index in [0.717, 1.165) is 16.7 Å². The first-order valence-electron chi connectivity index (χ1n) is 5.30. The van der Waals surface area contributed by atoms with E-state index < -0.39 is 9.84 Å². The zero-order valence-corrected chi connectivity index (χ0v) is 11.4. The summed E-state index contributed by atoms with van der Waals surface area (Å²) in [5.74, 6) is 0.0792. The second-order valence-electron chi connectivity index (χ2n) is 4.15. The zero-order valence-electron chi connectivity index (χ0n) is 9.80. The molecule has 0 radical (unpaired) electrons. The molecule has 0 unspecified atom stereocenters. The van der Waals surface area contributed by atoms with Crippen molar-refractivity contribution < 1.29 is 8.42 Å². The van der Waals surface area contributed by atoms with Crippen molar-refractivity contribution in [3.8, 4) is 0 Å². The molecular formula is C13H14O2S2. The van der Waals surface area contributed by atoms with Crippen LogP contribution in [0, 0.1) is 13.8 Å². The molecule has 90 valence electrons. The zero-order chi connectivity index (χ0) is 12.5. The molecule has 0 saturated carbocycles. The summed E-state index contributed by atoms with van der Waals surface area (Å²) in [7, 11) is -3.19. The van der Waals surface area contributed by atoms with Crippen LogP contribution in [0.5, 0.6) is 0 Å². The molecule has 0 amide bonds. The van der Waals surface area contributed by atoms with Gasteiger partial charge in [-0.3, -0.25) is 0 Å². The number of benzene rings is 1. The van der Waals surface area contributed by atoms with E-state index >= 15 is 0 Å². The Bertz CT molecular complexity index is 611. The molecule has 17 heavy (non-hydrogen) atoms. The number of sulfone groups is 1. The maximum atomic E-state index is 12.1. The lowest BCUT2D eigenvalue weighted by Gasteiger charge is -2.07. The molecular weight excluding hydrogens is 252 g/mol. The van der Waals surface area contributed by atoms with Crippen molar-refractivity contribution in [3.05, 3.63) is 51.7 Å². The molecule has 0 aliphatic rings. The van der Waals surface area contributed by atoms with Gasteiger partial charge in [0.1, 0.15) is 0 Å². The Morgan fingerprint density at radius 1 is 1.18 bits per heavy atom. The highest BCUT2D eigenvalue weighted by molar-refractivity contribution is 7.90. The molecule has 2 rings (SSSR count). The fourth-order valence-corrected chi connectivity index (χ4v) is 4.26. The topological polar surface area (TPSA) is 34.1 Å². The molecule has 2 nitrogen and oxygen atoms in total. The standard InChI is InChI=1S/C13H14O2S2/c1-10-3-4-12(11(2)7-10)9-17(14,15)13-5-6-16-8-13/h3-8H,9H2,1-2H3. The van der Waals surface area contributed by atoms with Crippen molar-refractivity contribution in [1.29, 1.82) is 0 Å². The van der Waals surface area contributed by atoms with E-state index in [9.17, 15) is 8.42 Å². The third-order valence-corrected chi connectivity index (χ3v) is 5.19. The van der Waals surface area contributed by atoms with Crippen LogP contribution in [-0.2, 0) is 15.6 Å². The average molecular weight is 266 g/mol. The molecule has 0 aliphatic carbocycles. The molecule has 0 N–H and O–H groups in total. The number of hydrogen-bond donors (Lipinski definition) is 0. The Morgan fingerprint density at radius 2 is 1.94 bits per heavy atom. The summed E-state index contributed by atoms with van der Waals surface area (Å²) >= 11 is 1.40. The number of rotatable bonds is 3. The highest BCUT2D eigenvalue weighted by Gasteiger charge is 2.16.